The maximum atomic E-state index is 12.0. The molecule has 0 aromatic rings. The molecular formula is C11H20ClN3O2. The topological polar surface area (TPSA) is 61.4 Å². The van der Waals surface area contributed by atoms with Gasteiger partial charge in [0.1, 0.15) is 5.54 Å². The monoisotopic (exact) mass is 261 g/mol. The first-order valence-electron chi connectivity index (χ1n) is 5.90. The lowest BCUT2D eigenvalue weighted by Crippen LogP contribution is -2.56. The van der Waals surface area contributed by atoms with E-state index < -0.39 is 5.54 Å². The summed E-state index contributed by atoms with van der Waals surface area (Å²) in [4.78, 5) is 25.5. The lowest BCUT2D eigenvalue weighted by molar-refractivity contribution is -0.128. The average Bonchev–Trinajstić information content (AvgIpc) is 2.44. The highest BCUT2D eigenvalue weighted by Crippen LogP contribution is 2.31. The first-order chi connectivity index (χ1) is 7.56. The van der Waals surface area contributed by atoms with E-state index in [0.29, 0.717) is 12.5 Å². The van der Waals surface area contributed by atoms with E-state index in [1.165, 1.54) is 0 Å². The molecule has 6 heteroatoms. The Bertz CT molecular complexity index is 314. The molecule has 5 nitrogen and oxygen atoms in total. The van der Waals surface area contributed by atoms with Gasteiger partial charge in [0.05, 0.1) is 0 Å². The number of piperidine rings is 1. The third kappa shape index (κ3) is 2.40. The number of carbonyl (C=O) groups is 2. The van der Waals surface area contributed by atoms with E-state index >= 15 is 0 Å². The number of nitrogens with zero attached hydrogens (tertiary/aromatic N) is 1. The number of hydrogen-bond acceptors (Lipinski definition) is 3. The molecule has 98 valence electrons. The van der Waals surface area contributed by atoms with Gasteiger partial charge in [0.2, 0.25) is 0 Å². The molecule has 0 bridgehead atoms. The molecule has 2 N–H and O–H groups in total. The Morgan fingerprint density at radius 1 is 1.29 bits per heavy atom. The second-order valence-electron chi connectivity index (χ2n) is 5.05. The van der Waals surface area contributed by atoms with Gasteiger partial charge in [-0.1, -0.05) is 13.8 Å². The van der Waals surface area contributed by atoms with E-state index in [-0.39, 0.29) is 24.3 Å². The zero-order chi connectivity index (χ0) is 11.8. The quantitative estimate of drug-likeness (QED) is 0.721. The fourth-order valence-electron chi connectivity index (χ4n) is 2.56. The smallest absolute Gasteiger partial charge is 0.317 e. The Labute approximate surface area is 108 Å². The number of carbonyl (C=O) groups excluding carboxylic acids is 2. The maximum Gasteiger partial charge on any atom is 0.325 e. The lowest BCUT2D eigenvalue weighted by Gasteiger charge is -2.39. The van der Waals surface area contributed by atoms with Gasteiger partial charge in [-0.15, -0.1) is 12.4 Å². The number of amides is 3. The molecule has 2 aliphatic heterocycles. The molecule has 2 saturated heterocycles. The van der Waals surface area contributed by atoms with Crippen LogP contribution in [0.1, 0.15) is 26.7 Å². The molecule has 0 aromatic heterocycles. The Kier molecular flexibility index (Phi) is 4.38. The summed E-state index contributed by atoms with van der Waals surface area (Å²) in [5.41, 5.74) is -0.577. The standard InChI is InChI=1S/C11H19N3O2.ClH/c1-8(2)7-14-10(16)13-9(15)11(14)3-5-12-6-4-11;/h8,12H,3-7H2,1-2H3,(H,13,15,16);1H. The van der Waals surface area contributed by atoms with Gasteiger partial charge in [-0.05, 0) is 31.8 Å². The zero-order valence-electron chi connectivity index (χ0n) is 10.3. The molecule has 2 aliphatic rings. The molecule has 2 rings (SSSR count). The molecule has 1 spiro atoms. The van der Waals surface area contributed by atoms with Crippen LogP contribution in [0.25, 0.3) is 0 Å². The third-order valence-corrected chi connectivity index (χ3v) is 3.38. The molecule has 0 saturated carbocycles. The fraction of sp³-hybridized carbons (Fsp3) is 0.818. The lowest BCUT2D eigenvalue weighted by atomic mass is 9.86. The minimum atomic E-state index is -0.577. The molecule has 0 radical (unpaired) electrons. The van der Waals surface area contributed by atoms with Gasteiger partial charge in [-0.25, -0.2) is 4.79 Å². The van der Waals surface area contributed by atoms with E-state index in [9.17, 15) is 9.59 Å². The van der Waals surface area contributed by atoms with Gasteiger partial charge in [-0.2, -0.15) is 0 Å². The van der Waals surface area contributed by atoms with Crippen LogP contribution in [0.2, 0.25) is 0 Å². The van der Waals surface area contributed by atoms with E-state index in [1.807, 2.05) is 0 Å². The van der Waals surface area contributed by atoms with Crippen LogP contribution in [0.5, 0.6) is 0 Å². The van der Waals surface area contributed by atoms with Gasteiger partial charge in [-0.3, -0.25) is 10.1 Å². The van der Waals surface area contributed by atoms with Crippen LogP contribution in [0.15, 0.2) is 0 Å². The van der Waals surface area contributed by atoms with Crippen molar-refractivity contribution in [2.75, 3.05) is 19.6 Å². The summed E-state index contributed by atoms with van der Waals surface area (Å²) in [5, 5.41) is 5.68. The van der Waals surface area contributed by atoms with E-state index in [4.69, 9.17) is 0 Å². The third-order valence-electron chi connectivity index (χ3n) is 3.38. The normalized spacial score (nSPS) is 22.9. The predicted molar refractivity (Wildman–Crippen MR) is 67.2 cm³/mol. The minimum absolute atomic E-state index is 0. The molecule has 0 unspecified atom stereocenters. The van der Waals surface area contributed by atoms with Gasteiger partial charge < -0.3 is 10.2 Å². The maximum absolute atomic E-state index is 12.0. The molecule has 0 aromatic carbocycles. The summed E-state index contributed by atoms with van der Waals surface area (Å²) < 4.78 is 0. The summed E-state index contributed by atoms with van der Waals surface area (Å²) >= 11 is 0. The Hall–Kier alpha value is -0.810. The van der Waals surface area contributed by atoms with Crippen molar-refractivity contribution in [3.05, 3.63) is 0 Å². The number of imide groups is 1. The highest BCUT2D eigenvalue weighted by atomic mass is 35.5. The summed E-state index contributed by atoms with van der Waals surface area (Å²) in [6, 6.07) is -0.222. The molecule has 0 aliphatic carbocycles. The summed E-state index contributed by atoms with van der Waals surface area (Å²) in [7, 11) is 0. The van der Waals surface area contributed by atoms with E-state index in [2.05, 4.69) is 24.5 Å². The summed E-state index contributed by atoms with van der Waals surface area (Å²) in [5.74, 6) is 0.267. The van der Waals surface area contributed by atoms with Gasteiger partial charge in [0.15, 0.2) is 0 Å². The van der Waals surface area contributed by atoms with Crippen molar-refractivity contribution in [2.45, 2.75) is 32.2 Å². The van der Waals surface area contributed by atoms with Crippen LogP contribution in [-0.4, -0.2) is 42.0 Å². The molecule has 2 heterocycles. The highest BCUT2D eigenvalue weighted by Gasteiger charge is 2.52. The van der Waals surface area contributed by atoms with Crippen molar-refractivity contribution in [3.8, 4) is 0 Å². The second-order valence-corrected chi connectivity index (χ2v) is 5.05. The Balaban J connectivity index is 0.00000144. The van der Waals surface area contributed by atoms with Crippen molar-refractivity contribution in [3.63, 3.8) is 0 Å². The Morgan fingerprint density at radius 3 is 2.41 bits per heavy atom. The zero-order valence-corrected chi connectivity index (χ0v) is 11.1. The fourth-order valence-corrected chi connectivity index (χ4v) is 2.56. The van der Waals surface area contributed by atoms with Crippen LogP contribution in [0.4, 0.5) is 4.79 Å². The largest absolute Gasteiger partial charge is 0.325 e. The van der Waals surface area contributed by atoms with Gasteiger partial charge in [0, 0.05) is 6.54 Å². The number of halogens is 1. The second kappa shape index (κ2) is 5.23. The number of urea groups is 1. The van der Waals surface area contributed by atoms with Crippen molar-refractivity contribution in [1.29, 1.82) is 0 Å². The Morgan fingerprint density at radius 2 is 1.88 bits per heavy atom. The van der Waals surface area contributed by atoms with Crippen molar-refractivity contribution in [1.82, 2.24) is 15.5 Å². The van der Waals surface area contributed by atoms with Crippen LogP contribution in [0, 0.1) is 5.92 Å². The first kappa shape index (κ1) is 14.3. The highest BCUT2D eigenvalue weighted by molar-refractivity contribution is 6.07. The molecule has 2 fully saturated rings. The molecule has 17 heavy (non-hydrogen) atoms. The number of rotatable bonds is 2. The minimum Gasteiger partial charge on any atom is -0.317 e. The van der Waals surface area contributed by atoms with Crippen LogP contribution >= 0.6 is 12.4 Å². The molecule has 3 amide bonds. The van der Waals surface area contributed by atoms with Gasteiger partial charge in [0.25, 0.3) is 5.91 Å². The van der Waals surface area contributed by atoms with Crippen LogP contribution in [-0.2, 0) is 4.79 Å². The summed E-state index contributed by atoms with van der Waals surface area (Å²) in [6.45, 7) is 6.37. The van der Waals surface area contributed by atoms with E-state index in [1.54, 1.807) is 4.90 Å². The first-order valence-corrected chi connectivity index (χ1v) is 5.90. The summed E-state index contributed by atoms with van der Waals surface area (Å²) in [6.07, 6.45) is 1.44. The predicted octanol–water partition coefficient (Wildman–Crippen LogP) is 0.738. The number of nitrogens with one attached hydrogen (secondary N) is 2. The average molecular weight is 262 g/mol. The number of hydrogen-bond donors (Lipinski definition) is 2. The van der Waals surface area contributed by atoms with Crippen molar-refractivity contribution < 1.29 is 9.59 Å². The van der Waals surface area contributed by atoms with Crippen LogP contribution < -0.4 is 10.6 Å². The SMILES string of the molecule is CC(C)CN1C(=O)NC(=O)C12CCNCC2.Cl. The van der Waals surface area contributed by atoms with Crippen molar-refractivity contribution in [2.24, 2.45) is 5.92 Å². The van der Waals surface area contributed by atoms with Gasteiger partial charge >= 0.3 is 6.03 Å². The molecule has 0 atom stereocenters. The van der Waals surface area contributed by atoms with E-state index in [0.717, 1.165) is 25.9 Å². The van der Waals surface area contributed by atoms with Crippen molar-refractivity contribution >= 4 is 24.3 Å². The van der Waals surface area contributed by atoms with Crippen LogP contribution in [0.3, 0.4) is 0 Å². The molecular weight excluding hydrogens is 242 g/mol.